The molecule has 0 aromatic heterocycles. The van der Waals surface area contributed by atoms with Gasteiger partial charge < -0.3 is 19.5 Å². The number of carbonyl (C=O) groups is 1. The predicted molar refractivity (Wildman–Crippen MR) is 107 cm³/mol. The molecule has 0 bridgehead atoms. The van der Waals surface area contributed by atoms with Crippen LogP contribution in [0.1, 0.15) is 13.8 Å². The van der Waals surface area contributed by atoms with Crippen molar-refractivity contribution in [2.24, 2.45) is 0 Å². The van der Waals surface area contributed by atoms with Gasteiger partial charge in [0.05, 0.1) is 13.2 Å². The van der Waals surface area contributed by atoms with Crippen molar-refractivity contribution in [1.82, 2.24) is 0 Å². The molecule has 0 saturated carbocycles. The Hall–Kier alpha value is -3.21. The third-order valence-electron chi connectivity index (χ3n) is 3.94. The fourth-order valence-electron chi connectivity index (χ4n) is 2.79. The summed E-state index contributed by atoms with van der Waals surface area (Å²) in [5, 5.41) is 4.88. The minimum atomic E-state index is -0.241. The Morgan fingerprint density at radius 1 is 0.815 bits per heavy atom. The van der Waals surface area contributed by atoms with Gasteiger partial charge in [-0.05, 0) is 37.4 Å². The van der Waals surface area contributed by atoms with E-state index >= 15 is 0 Å². The standard InChI is InChI=1S/C22H23NO4/c1-3-25-20-13-12-17(14-21(20)26-4-2)23-22(24)15-27-19-11-7-9-16-8-5-6-10-18(16)19/h5-14H,3-4,15H2,1-2H3,(H,23,24). The Morgan fingerprint density at radius 3 is 2.37 bits per heavy atom. The zero-order valence-corrected chi connectivity index (χ0v) is 15.5. The Bertz CT molecular complexity index is 918. The number of hydrogen-bond acceptors (Lipinski definition) is 4. The first-order chi connectivity index (χ1) is 13.2. The molecule has 0 unspecified atom stereocenters. The van der Waals surface area contributed by atoms with Gasteiger partial charge in [-0.1, -0.05) is 36.4 Å². The van der Waals surface area contributed by atoms with Crippen LogP contribution in [0.25, 0.3) is 10.8 Å². The fraction of sp³-hybridized carbons (Fsp3) is 0.227. The van der Waals surface area contributed by atoms with Crippen LogP contribution in [0.2, 0.25) is 0 Å². The highest BCUT2D eigenvalue weighted by Crippen LogP contribution is 2.30. The van der Waals surface area contributed by atoms with Gasteiger partial charge in [0, 0.05) is 17.1 Å². The van der Waals surface area contributed by atoms with Gasteiger partial charge in [-0.3, -0.25) is 4.79 Å². The lowest BCUT2D eigenvalue weighted by atomic mass is 10.1. The first kappa shape index (κ1) is 18.6. The summed E-state index contributed by atoms with van der Waals surface area (Å²) in [6.45, 7) is 4.80. The molecule has 27 heavy (non-hydrogen) atoms. The van der Waals surface area contributed by atoms with Crippen LogP contribution in [0.5, 0.6) is 17.2 Å². The van der Waals surface area contributed by atoms with E-state index in [0.717, 1.165) is 10.8 Å². The van der Waals surface area contributed by atoms with Crippen LogP contribution in [-0.4, -0.2) is 25.7 Å². The van der Waals surface area contributed by atoms with Crippen LogP contribution >= 0.6 is 0 Å². The maximum Gasteiger partial charge on any atom is 0.262 e. The molecule has 0 fully saturated rings. The van der Waals surface area contributed by atoms with Crippen LogP contribution < -0.4 is 19.5 Å². The van der Waals surface area contributed by atoms with Crippen LogP contribution in [0.3, 0.4) is 0 Å². The molecule has 0 aliphatic rings. The average Bonchev–Trinajstić information content (AvgIpc) is 2.68. The molecular weight excluding hydrogens is 342 g/mol. The summed E-state index contributed by atoms with van der Waals surface area (Å²) < 4.78 is 16.8. The van der Waals surface area contributed by atoms with E-state index in [4.69, 9.17) is 14.2 Å². The number of benzene rings is 3. The largest absolute Gasteiger partial charge is 0.490 e. The Labute approximate surface area is 158 Å². The van der Waals surface area contributed by atoms with Crippen molar-refractivity contribution >= 4 is 22.4 Å². The highest BCUT2D eigenvalue weighted by Gasteiger charge is 2.10. The molecule has 0 atom stereocenters. The van der Waals surface area contributed by atoms with Gasteiger partial charge in [-0.2, -0.15) is 0 Å². The molecule has 3 aromatic rings. The molecule has 3 aromatic carbocycles. The minimum absolute atomic E-state index is 0.0782. The second-order valence-corrected chi connectivity index (χ2v) is 5.84. The Balaban J connectivity index is 1.66. The van der Waals surface area contributed by atoms with Crippen LogP contribution in [0.4, 0.5) is 5.69 Å². The van der Waals surface area contributed by atoms with Gasteiger partial charge in [0.1, 0.15) is 5.75 Å². The summed E-state index contributed by atoms with van der Waals surface area (Å²) in [4.78, 5) is 12.3. The van der Waals surface area contributed by atoms with Crippen LogP contribution in [-0.2, 0) is 4.79 Å². The maximum absolute atomic E-state index is 12.3. The van der Waals surface area contributed by atoms with Crippen LogP contribution in [0.15, 0.2) is 60.7 Å². The fourth-order valence-corrected chi connectivity index (χ4v) is 2.79. The van der Waals surface area contributed by atoms with Crippen molar-refractivity contribution < 1.29 is 19.0 Å². The number of anilines is 1. The third kappa shape index (κ3) is 4.70. The molecule has 5 nitrogen and oxygen atoms in total. The van der Waals surface area contributed by atoms with Crippen LogP contribution in [0, 0.1) is 0 Å². The molecule has 1 amide bonds. The molecule has 5 heteroatoms. The van der Waals surface area contributed by atoms with Crippen molar-refractivity contribution in [3.8, 4) is 17.2 Å². The molecule has 1 N–H and O–H groups in total. The highest BCUT2D eigenvalue weighted by atomic mass is 16.5. The van der Waals surface area contributed by atoms with Gasteiger partial charge in [0.2, 0.25) is 0 Å². The third-order valence-corrected chi connectivity index (χ3v) is 3.94. The monoisotopic (exact) mass is 365 g/mol. The van der Waals surface area contributed by atoms with E-state index in [2.05, 4.69) is 5.32 Å². The second kappa shape index (κ2) is 8.94. The zero-order valence-electron chi connectivity index (χ0n) is 15.5. The summed E-state index contributed by atoms with van der Waals surface area (Å²) in [5.41, 5.74) is 0.633. The van der Waals surface area contributed by atoms with Crippen molar-refractivity contribution in [3.05, 3.63) is 60.7 Å². The molecule has 0 spiro atoms. The maximum atomic E-state index is 12.3. The van der Waals surface area contributed by atoms with E-state index in [-0.39, 0.29) is 12.5 Å². The van der Waals surface area contributed by atoms with E-state index in [0.29, 0.717) is 36.1 Å². The normalized spacial score (nSPS) is 10.4. The number of ether oxygens (including phenoxy) is 3. The summed E-state index contributed by atoms with van der Waals surface area (Å²) in [6.07, 6.45) is 0. The molecule has 3 rings (SSSR count). The summed E-state index contributed by atoms with van der Waals surface area (Å²) in [7, 11) is 0. The summed E-state index contributed by atoms with van der Waals surface area (Å²) >= 11 is 0. The topological polar surface area (TPSA) is 56.8 Å². The van der Waals surface area contributed by atoms with E-state index in [9.17, 15) is 4.79 Å². The molecule has 0 aliphatic carbocycles. The van der Waals surface area contributed by atoms with E-state index in [1.54, 1.807) is 18.2 Å². The van der Waals surface area contributed by atoms with Gasteiger partial charge in [-0.25, -0.2) is 0 Å². The molecule has 0 heterocycles. The number of hydrogen-bond donors (Lipinski definition) is 1. The van der Waals surface area contributed by atoms with Crippen molar-refractivity contribution in [1.29, 1.82) is 0 Å². The lowest BCUT2D eigenvalue weighted by Gasteiger charge is -2.13. The number of nitrogens with one attached hydrogen (secondary N) is 1. The number of fused-ring (bicyclic) bond motifs is 1. The van der Waals surface area contributed by atoms with Gasteiger partial charge in [0.25, 0.3) is 5.91 Å². The van der Waals surface area contributed by atoms with Crippen molar-refractivity contribution in [2.75, 3.05) is 25.1 Å². The average molecular weight is 365 g/mol. The Morgan fingerprint density at radius 2 is 1.56 bits per heavy atom. The highest BCUT2D eigenvalue weighted by molar-refractivity contribution is 5.93. The zero-order chi connectivity index (χ0) is 19.1. The Kier molecular flexibility index (Phi) is 6.15. The molecule has 0 radical (unpaired) electrons. The first-order valence-corrected chi connectivity index (χ1v) is 9.01. The smallest absolute Gasteiger partial charge is 0.262 e. The molecule has 0 aliphatic heterocycles. The lowest BCUT2D eigenvalue weighted by molar-refractivity contribution is -0.118. The molecule has 0 saturated heterocycles. The van der Waals surface area contributed by atoms with Crippen molar-refractivity contribution in [3.63, 3.8) is 0 Å². The number of carbonyl (C=O) groups excluding carboxylic acids is 1. The van der Waals surface area contributed by atoms with E-state index < -0.39 is 0 Å². The van der Waals surface area contributed by atoms with Crippen molar-refractivity contribution in [2.45, 2.75) is 13.8 Å². The van der Waals surface area contributed by atoms with Gasteiger partial charge in [-0.15, -0.1) is 0 Å². The number of amides is 1. The SMILES string of the molecule is CCOc1ccc(NC(=O)COc2cccc3ccccc23)cc1OCC. The minimum Gasteiger partial charge on any atom is -0.490 e. The second-order valence-electron chi connectivity index (χ2n) is 5.84. The van der Waals surface area contributed by atoms with E-state index in [1.165, 1.54) is 0 Å². The van der Waals surface area contributed by atoms with Gasteiger partial charge >= 0.3 is 0 Å². The molecular formula is C22H23NO4. The number of rotatable bonds is 8. The lowest BCUT2D eigenvalue weighted by Crippen LogP contribution is -2.20. The predicted octanol–water partition coefficient (Wildman–Crippen LogP) is 4.65. The summed E-state index contributed by atoms with van der Waals surface area (Å²) in [5.74, 6) is 1.70. The van der Waals surface area contributed by atoms with Gasteiger partial charge in [0.15, 0.2) is 18.1 Å². The first-order valence-electron chi connectivity index (χ1n) is 9.01. The quantitative estimate of drug-likeness (QED) is 0.631. The molecule has 140 valence electrons. The van der Waals surface area contributed by atoms with E-state index in [1.807, 2.05) is 56.3 Å². The summed E-state index contributed by atoms with van der Waals surface area (Å²) in [6, 6.07) is 19.0.